The van der Waals surface area contributed by atoms with Gasteiger partial charge in [-0.2, -0.15) is 5.10 Å². The van der Waals surface area contributed by atoms with Crippen molar-refractivity contribution in [3.63, 3.8) is 0 Å². The fourth-order valence-corrected chi connectivity index (χ4v) is 1.77. The molecule has 8 nitrogen and oxygen atoms in total. The van der Waals surface area contributed by atoms with E-state index in [0.717, 1.165) is 5.69 Å². The van der Waals surface area contributed by atoms with Gasteiger partial charge in [0.15, 0.2) is 0 Å². The lowest BCUT2D eigenvalue weighted by Gasteiger charge is -2.17. The molecule has 0 spiro atoms. The number of aromatic nitrogens is 2. The summed E-state index contributed by atoms with van der Waals surface area (Å²) < 4.78 is 6.38. The smallest absolute Gasteiger partial charge is 0.244 e. The molecule has 1 aromatic rings. The minimum atomic E-state index is -0.226. The maximum atomic E-state index is 12.1. The van der Waals surface area contributed by atoms with Crippen LogP contribution in [0.25, 0.3) is 0 Å². The minimum Gasteiger partial charge on any atom is -0.396 e. The Morgan fingerprint density at radius 3 is 2.62 bits per heavy atom. The Bertz CT molecular complexity index is 512. The van der Waals surface area contributed by atoms with Crippen LogP contribution in [0.2, 0.25) is 0 Å². The molecule has 0 atom stereocenters. The lowest BCUT2D eigenvalue weighted by molar-refractivity contribution is -0.135. The van der Waals surface area contributed by atoms with Crippen LogP contribution in [0, 0.1) is 13.8 Å². The summed E-state index contributed by atoms with van der Waals surface area (Å²) in [6.45, 7) is 4.51. The first kappa shape index (κ1) is 17.0. The van der Waals surface area contributed by atoms with Crippen LogP contribution in [-0.2, 0) is 20.9 Å². The Hall–Kier alpha value is -2.09. The van der Waals surface area contributed by atoms with E-state index in [9.17, 15) is 9.59 Å². The Kier molecular flexibility index (Phi) is 6.16. The monoisotopic (exact) mass is 297 g/mol. The lowest BCUT2D eigenvalue weighted by Crippen LogP contribution is -2.40. The first-order valence-electron chi connectivity index (χ1n) is 6.65. The summed E-state index contributed by atoms with van der Waals surface area (Å²) in [5.41, 5.74) is 7.85. The summed E-state index contributed by atoms with van der Waals surface area (Å²) in [4.78, 5) is 25.0. The van der Waals surface area contributed by atoms with E-state index >= 15 is 0 Å². The quantitative estimate of drug-likeness (QED) is 0.648. The van der Waals surface area contributed by atoms with Crippen molar-refractivity contribution in [2.45, 2.75) is 20.4 Å². The number of hydrogen-bond donors (Lipinski definition) is 2. The molecule has 0 unspecified atom stereocenters. The van der Waals surface area contributed by atoms with Crippen LogP contribution in [0.4, 0.5) is 5.69 Å². The third kappa shape index (κ3) is 4.75. The highest BCUT2D eigenvalue weighted by atomic mass is 16.5. The Morgan fingerprint density at radius 2 is 2.10 bits per heavy atom. The fraction of sp³-hybridized carbons (Fsp3) is 0.615. The van der Waals surface area contributed by atoms with Gasteiger partial charge in [-0.1, -0.05) is 0 Å². The number of hydrogen-bond acceptors (Lipinski definition) is 5. The van der Waals surface area contributed by atoms with Gasteiger partial charge in [0.1, 0.15) is 6.54 Å². The van der Waals surface area contributed by atoms with Gasteiger partial charge in [0.05, 0.1) is 30.2 Å². The molecular weight excluding hydrogens is 274 g/mol. The molecule has 118 valence electrons. The maximum absolute atomic E-state index is 12.1. The molecule has 0 saturated carbocycles. The largest absolute Gasteiger partial charge is 0.396 e. The van der Waals surface area contributed by atoms with Crippen molar-refractivity contribution in [3.05, 3.63) is 11.4 Å². The highest BCUT2D eigenvalue weighted by molar-refractivity contribution is 5.84. The number of rotatable bonds is 7. The average molecular weight is 297 g/mol. The van der Waals surface area contributed by atoms with E-state index in [1.54, 1.807) is 32.7 Å². The molecule has 1 heterocycles. The number of aryl methyl sites for hydroxylation is 1. The Balaban J connectivity index is 2.51. The molecule has 0 bridgehead atoms. The number of carbonyl (C=O) groups excluding carboxylic acids is 2. The maximum Gasteiger partial charge on any atom is 0.244 e. The number of anilines is 1. The molecular formula is C13H23N5O3. The van der Waals surface area contributed by atoms with Crippen molar-refractivity contribution in [3.8, 4) is 0 Å². The number of nitrogen functional groups attached to an aromatic ring is 1. The normalized spacial score (nSPS) is 10.5. The van der Waals surface area contributed by atoms with Gasteiger partial charge in [0.25, 0.3) is 0 Å². The molecule has 0 aliphatic heterocycles. The molecule has 1 aromatic heterocycles. The standard InChI is InChI=1S/C13H23N5O3/c1-9-13(14)10(2)18(16-9)8-12(20)17(3)7-11(19)15-5-6-21-4/h5-8,14H2,1-4H3,(H,15,19). The lowest BCUT2D eigenvalue weighted by atomic mass is 10.3. The van der Waals surface area contributed by atoms with E-state index in [2.05, 4.69) is 10.4 Å². The third-order valence-corrected chi connectivity index (χ3v) is 3.16. The third-order valence-electron chi connectivity index (χ3n) is 3.16. The summed E-state index contributed by atoms with van der Waals surface area (Å²) in [5.74, 6) is -0.432. The van der Waals surface area contributed by atoms with Crippen molar-refractivity contribution in [2.24, 2.45) is 0 Å². The highest BCUT2D eigenvalue weighted by Crippen LogP contribution is 2.14. The zero-order valence-electron chi connectivity index (χ0n) is 13.0. The molecule has 0 saturated heterocycles. The van der Waals surface area contributed by atoms with Gasteiger partial charge in [-0.3, -0.25) is 14.3 Å². The van der Waals surface area contributed by atoms with Crippen LogP contribution in [0.1, 0.15) is 11.4 Å². The molecule has 0 radical (unpaired) electrons. The number of amides is 2. The number of nitrogens with one attached hydrogen (secondary N) is 1. The van der Waals surface area contributed by atoms with Crippen LogP contribution < -0.4 is 11.1 Å². The summed E-state index contributed by atoms with van der Waals surface area (Å²) in [5, 5.41) is 6.86. The number of nitrogens with zero attached hydrogens (tertiary/aromatic N) is 3. The highest BCUT2D eigenvalue weighted by Gasteiger charge is 2.16. The summed E-state index contributed by atoms with van der Waals surface area (Å²) in [6, 6.07) is 0. The van der Waals surface area contributed by atoms with Gasteiger partial charge in [0, 0.05) is 20.7 Å². The van der Waals surface area contributed by atoms with Gasteiger partial charge in [-0.05, 0) is 13.8 Å². The number of nitrogens with two attached hydrogens (primary N) is 1. The topological polar surface area (TPSA) is 102 Å². The van der Waals surface area contributed by atoms with Crippen LogP contribution in [-0.4, -0.2) is 60.3 Å². The first-order chi connectivity index (χ1) is 9.86. The van der Waals surface area contributed by atoms with Crippen LogP contribution in [0.3, 0.4) is 0 Å². The molecule has 2 amide bonds. The SMILES string of the molecule is COCCNC(=O)CN(C)C(=O)Cn1nc(C)c(N)c1C. The van der Waals surface area contributed by atoms with Crippen LogP contribution in [0.15, 0.2) is 0 Å². The van der Waals surface area contributed by atoms with E-state index in [0.29, 0.717) is 24.5 Å². The average Bonchev–Trinajstić information content (AvgIpc) is 2.66. The van der Waals surface area contributed by atoms with E-state index in [1.165, 1.54) is 4.90 Å². The van der Waals surface area contributed by atoms with Gasteiger partial charge >= 0.3 is 0 Å². The molecule has 8 heteroatoms. The van der Waals surface area contributed by atoms with E-state index < -0.39 is 0 Å². The summed E-state index contributed by atoms with van der Waals surface area (Å²) in [6.07, 6.45) is 0. The number of likely N-dealkylation sites (N-methyl/N-ethyl adjacent to an activating group) is 1. The Labute approximate surface area is 124 Å². The summed E-state index contributed by atoms with van der Waals surface area (Å²) >= 11 is 0. The fourth-order valence-electron chi connectivity index (χ4n) is 1.77. The molecule has 0 aliphatic carbocycles. The van der Waals surface area contributed by atoms with Crippen molar-refractivity contribution >= 4 is 17.5 Å². The van der Waals surface area contributed by atoms with Gasteiger partial charge < -0.3 is 20.7 Å². The molecule has 21 heavy (non-hydrogen) atoms. The van der Waals surface area contributed by atoms with E-state index in [1.807, 2.05) is 0 Å². The predicted octanol–water partition coefficient (Wildman–Crippen LogP) is -0.697. The van der Waals surface area contributed by atoms with Gasteiger partial charge in [0.2, 0.25) is 11.8 Å². The van der Waals surface area contributed by atoms with Crippen molar-refractivity contribution in [1.82, 2.24) is 20.0 Å². The van der Waals surface area contributed by atoms with Crippen molar-refractivity contribution in [1.29, 1.82) is 0 Å². The first-order valence-corrected chi connectivity index (χ1v) is 6.65. The van der Waals surface area contributed by atoms with Crippen LogP contribution in [0.5, 0.6) is 0 Å². The zero-order chi connectivity index (χ0) is 16.0. The van der Waals surface area contributed by atoms with E-state index in [-0.39, 0.29) is 24.9 Å². The molecule has 1 rings (SSSR count). The molecule has 0 aromatic carbocycles. The van der Waals surface area contributed by atoms with Crippen molar-refractivity contribution in [2.75, 3.05) is 39.6 Å². The minimum absolute atomic E-state index is 0.00265. The Morgan fingerprint density at radius 1 is 1.43 bits per heavy atom. The zero-order valence-corrected chi connectivity index (χ0v) is 13.0. The molecule has 3 N–H and O–H groups in total. The van der Waals surface area contributed by atoms with Gasteiger partial charge in [-0.25, -0.2) is 0 Å². The van der Waals surface area contributed by atoms with E-state index in [4.69, 9.17) is 10.5 Å². The number of methoxy groups -OCH3 is 1. The summed E-state index contributed by atoms with van der Waals surface area (Å²) in [7, 11) is 3.13. The van der Waals surface area contributed by atoms with Crippen molar-refractivity contribution < 1.29 is 14.3 Å². The molecule has 0 fully saturated rings. The second-order valence-corrected chi connectivity index (χ2v) is 4.83. The number of carbonyl (C=O) groups is 2. The predicted molar refractivity (Wildman–Crippen MR) is 78.6 cm³/mol. The second-order valence-electron chi connectivity index (χ2n) is 4.83. The molecule has 0 aliphatic rings. The second kappa shape index (κ2) is 7.63. The van der Waals surface area contributed by atoms with Gasteiger partial charge in [-0.15, -0.1) is 0 Å². The number of ether oxygens (including phenoxy) is 1. The van der Waals surface area contributed by atoms with Crippen LogP contribution >= 0.6 is 0 Å².